The smallest absolute Gasteiger partial charge is 0.0946 e. The first kappa shape index (κ1) is 12.2. The van der Waals surface area contributed by atoms with Crippen LogP contribution < -0.4 is 5.32 Å². The van der Waals surface area contributed by atoms with E-state index in [9.17, 15) is 5.11 Å². The third-order valence-electron chi connectivity index (χ3n) is 2.89. The standard InChI is InChI=1S/C11H21N3O/c1-3-11(2,9-15)8-12-4-6-14-7-5-13-10-14/h5,7,10,12,15H,3-4,6,8-9H2,1-2H3. The molecule has 0 amide bonds. The summed E-state index contributed by atoms with van der Waals surface area (Å²) in [5.74, 6) is 0. The van der Waals surface area contributed by atoms with E-state index in [1.165, 1.54) is 0 Å². The molecule has 1 aromatic heterocycles. The molecule has 4 heteroatoms. The first-order valence-corrected chi connectivity index (χ1v) is 5.47. The monoisotopic (exact) mass is 211 g/mol. The molecule has 0 radical (unpaired) electrons. The van der Waals surface area contributed by atoms with E-state index in [1.807, 2.05) is 17.1 Å². The Kier molecular flexibility index (Phi) is 4.78. The van der Waals surface area contributed by atoms with E-state index >= 15 is 0 Å². The van der Waals surface area contributed by atoms with Crippen molar-refractivity contribution in [2.45, 2.75) is 26.8 Å². The minimum Gasteiger partial charge on any atom is -0.396 e. The Hall–Kier alpha value is -0.870. The molecule has 0 bridgehead atoms. The molecule has 0 aliphatic carbocycles. The molecule has 1 heterocycles. The van der Waals surface area contributed by atoms with E-state index in [0.29, 0.717) is 0 Å². The van der Waals surface area contributed by atoms with E-state index in [4.69, 9.17) is 0 Å². The fraction of sp³-hybridized carbons (Fsp3) is 0.727. The maximum absolute atomic E-state index is 9.21. The van der Waals surface area contributed by atoms with Crippen LogP contribution in [0, 0.1) is 5.41 Å². The quantitative estimate of drug-likeness (QED) is 0.658. The van der Waals surface area contributed by atoms with Crippen molar-refractivity contribution in [1.29, 1.82) is 0 Å². The molecule has 1 rings (SSSR count). The summed E-state index contributed by atoms with van der Waals surface area (Å²) in [6.07, 6.45) is 6.53. The van der Waals surface area contributed by atoms with Gasteiger partial charge in [-0.05, 0) is 6.42 Å². The largest absolute Gasteiger partial charge is 0.396 e. The zero-order chi connectivity index (χ0) is 11.1. The zero-order valence-electron chi connectivity index (χ0n) is 9.61. The van der Waals surface area contributed by atoms with Gasteiger partial charge in [-0.3, -0.25) is 0 Å². The van der Waals surface area contributed by atoms with Crippen LogP contribution in [0.3, 0.4) is 0 Å². The van der Waals surface area contributed by atoms with Gasteiger partial charge in [0.2, 0.25) is 0 Å². The molecule has 0 spiro atoms. The summed E-state index contributed by atoms with van der Waals surface area (Å²) in [6.45, 7) is 7.12. The van der Waals surface area contributed by atoms with Crippen molar-refractivity contribution in [1.82, 2.24) is 14.9 Å². The number of nitrogens with zero attached hydrogens (tertiary/aromatic N) is 2. The van der Waals surface area contributed by atoms with Gasteiger partial charge in [0.15, 0.2) is 0 Å². The van der Waals surface area contributed by atoms with E-state index in [0.717, 1.165) is 26.1 Å². The summed E-state index contributed by atoms with van der Waals surface area (Å²) in [4.78, 5) is 3.98. The summed E-state index contributed by atoms with van der Waals surface area (Å²) >= 11 is 0. The number of aliphatic hydroxyl groups excluding tert-OH is 1. The Labute approximate surface area is 91.3 Å². The summed E-state index contributed by atoms with van der Waals surface area (Å²) in [5, 5.41) is 12.6. The van der Waals surface area contributed by atoms with Crippen molar-refractivity contribution in [2.75, 3.05) is 19.7 Å². The van der Waals surface area contributed by atoms with Crippen LogP contribution in [0.1, 0.15) is 20.3 Å². The summed E-state index contributed by atoms with van der Waals surface area (Å²) in [7, 11) is 0. The Morgan fingerprint density at radius 3 is 2.87 bits per heavy atom. The molecular weight excluding hydrogens is 190 g/mol. The first-order chi connectivity index (χ1) is 7.20. The Bertz CT molecular complexity index is 255. The predicted molar refractivity (Wildman–Crippen MR) is 60.6 cm³/mol. The van der Waals surface area contributed by atoms with Gasteiger partial charge < -0.3 is 15.0 Å². The fourth-order valence-corrected chi connectivity index (χ4v) is 1.31. The van der Waals surface area contributed by atoms with Gasteiger partial charge >= 0.3 is 0 Å². The highest BCUT2D eigenvalue weighted by molar-refractivity contribution is 4.76. The van der Waals surface area contributed by atoms with Gasteiger partial charge in [-0.25, -0.2) is 4.98 Å². The second kappa shape index (κ2) is 5.88. The van der Waals surface area contributed by atoms with Crippen molar-refractivity contribution in [2.24, 2.45) is 5.41 Å². The molecule has 1 atom stereocenters. The Morgan fingerprint density at radius 1 is 1.53 bits per heavy atom. The van der Waals surface area contributed by atoms with Gasteiger partial charge in [-0.1, -0.05) is 13.8 Å². The van der Waals surface area contributed by atoms with Crippen LogP contribution in [0.4, 0.5) is 0 Å². The SMILES string of the molecule is CCC(C)(CO)CNCCn1ccnc1. The second-order valence-electron chi connectivity index (χ2n) is 4.30. The molecule has 15 heavy (non-hydrogen) atoms. The molecule has 0 fully saturated rings. The molecule has 0 aliphatic heterocycles. The van der Waals surface area contributed by atoms with Crippen LogP contribution in [0.2, 0.25) is 0 Å². The van der Waals surface area contributed by atoms with Crippen LogP contribution in [0.25, 0.3) is 0 Å². The normalized spacial score (nSPS) is 15.1. The highest BCUT2D eigenvalue weighted by Crippen LogP contribution is 2.17. The molecular formula is C11H21N3O. The van der Waals surface area contributed by atoms with E-state index in [2.05, 4.69) is 24.1 Å². The fourth-order valence-electron chi connectivity index (χ4n) is 1.31. The van der Waals surface area contributed by atoms with Crippen LogP contribution in [-0.4, -0.2) is 34.4 Å². The lowest BCUT2D eigenvalue weighted by atomic mass is 9.89. The highest BCUT2D eigenvalue weighted by atomic mass is 16.3. The third-order valence-corrected chi connectivity index (χ3v) is 2.89. The average Bonchev–Trinajstić information content (AvgIpc) is 2.77. The van der Waals surface area contributed by atoms with Crippen molar-refractivity contribution < 1.29 is 5.11 Å². The maximum Gasteiger partial charge on any atom is 0.0946 e. The van der Waals surface area contributed by atoms with Crippen molar-refractivity contribution in [3.05, 3.63) is 18.7 Å². The summed E-state index contributed by atoms with van der Waals surface area (Å²) in [6, 6.07) is 0. The number of hydrogen-bond acceptors (Lipinski definition) is 3. The average molecular weight is 211 g/mol. The van der Waals surface area contributed by atoms with Gasteiger partial charge in [-0.2, -0.15) is 0 Å². The molecule has 0 saturated carbocycles. The van der Waals surface area contributed by atoms with Gasteiger partial charge in [0.05, 0.1) is 6.33 Å². The van der Waals surface area contributed by atoms with Crippen LogP contribution in [0.15, 0.2) is 18.7 Å². The van der Waals surface area contributed by atoms with Crippen molar-refractivity contribution >= 4 is 0 Å². The molecule has 0 aromatic carbocycles. The minimum absolute atomic E-state index is 0.00887. The number of hydrogen-bond donors (Lipinski definition) is 2. The molecule has 4 nitrogen and oxygen atoms in total. The lowest BCUT2D eigenvalue weighted by molar-refractivity contribution is 0.135. The number of aliphatic hydroxyl groups is 1. The third kappa shape index (κ3) is 4.01. The predicted octanol–water partition coefficient (Wildman–Crippen LogP) is 0.881. The van der Waals surface area contributed by atoms with Crippen LogP contribution in [-0.2, 0) is 6.54 Å². The number of rotatable bonds is 7. The summed E-state index contributed by atoms with van der Waals surface area (Å²) in [5.41, 5.74) is 0.00887. The van der Waals surface area contributed by atoms with Crippen LogP contribution in [0.5, 0.6) is 0 Å². The Balaban J connectivity index is 2.16. The molecule has 2 N–H and O–H groups in total. The zero-order valence-corrected chi connectivity index (χ0v) is 9.61. The van der Waals surface area contributed by atoms with Gasteiger partial charge in [0, 0.05) is 44.0 Å². The topological polar surface area (TPSA) is 50.1 Å². The second-order valence-corrected chi connectivity index (χ2v) is 4.30. The van der Waals surface area contributed by atoms with Gasteiger partial charge in [-0.15, -0.1) is 0 Å². The highest BCUT2D eigenvalue weighted by Gasteiger charge is 2.19. The first-order valence-electron chi connectivity index (χ1n) is 5.47. The van der Waals surface area contributed by atoms with E-state index < -0.39 is 0 Å². The van der Waals surface area contributed by atoms with Crippen molar-refractivity contribution in [3.8, 4) is 0 Å². The van der Waals surface area contributed by atoms with Crippen molar-refractivity contribution in [3.63, 3.8) is 0 Å². The lowest BCUT2D eigenvalue weighted by Gasteiger charge is -2.25. The lowest BCUT2D eigenvalue weighted by Crippen LogP contribution is -2.35. The number of aromatic nitrogens is 2. The molecule has 1 aromatic rings. The molecule has 0 saturated heterocycles. The van der Waals surface area contributed by atoms with Gasteiger partial charge in [0.25, 0.3) is 0 Å². The molecule has 1 unspecified atom stereocenters. The molecule has 0 aliphatic rings. The summed E-state index contributed by atoms with van der Waals surface area (Å²) < 4.78 is 2.04. The maximum atomic E-state index is 9.21. The van der Waals surface area contributed by atoms with Gasteiger partial charge in [0.1, 0.15) is 0 Å². The molecule has 86 valence electrons. The number of imidazole rings is 1. The van der Waals surface area contributed by atoms with E-state index in [-0.39, 0.29) is 12.0 Å². The number of nitrogens with one attached hydrogen (secondary N) is 1. The van der Waals surface area contributed by atoms with Crippen LogP contribution >= 0.6 is 0 Å². The minimum atomic E-state index is 0.00887. The van der Waals surface area contributed by atoms with E-state index in [1.54, 1.807) is 6.20 Å². The Morgan fingerprint density at radius 2 is 2.33 bits per heavy atom.